The summed E-state index contributed by atoms with van der Waals surface area (Å²) in [5, 5.41) is 0. The fourth-order valence-electron chi connectivity index (χ4n) is 0. The van der Waals surface area contributed by atoms with E-state index < -0.39 is 0 Å². The first-order valence-electron chi connectivity index (χ1n) is 0. The first-order valence-corrected chi connectivity index (χ1v) is 0. The molecule has 0 unspecified atom stereocenters. The topological polar surface area (TPSA) is 35.0 Å². The fourth-order valence-corrected chi connectivity index (χ4v) is 0. The molecule has 1 radical (unpaired) electrons. The Bertz CT molecular complexity index is 11.6. The Morgan fingerprint density at radius 2 is 1.25 bits per heavy atom. The predicted octanol–water partition coefficient (Wildman–Crippen LogP) is -2.73. The molecule has 0 aromatic rings. The molecule has 3 N–H and O–H groups in total. The average Bonchev–Trinajstić information content (AvgIpc) is 0. The van der Waals surface area contributed by atoms with Crippen LogP contribution in [0.25, 0.3) is 0 Å². The molecule has 0 fully saturated rings. The van der Waals surface area contributed by atoms with Crippen molar-refractivity contribution in [1.82, 2.24) is 6.15 Å². The molecule has 0 bridgehead atoms. The Labute approximate surface area is 72.3 Å². The summed E-state index contributed by atoms with van der Waals surface area (Å²) in [5.74, 6) is 0. The fraction of sp³-hybridized carbons (Fsp3) is 0. The molecule has 21 valence electrons. The normalized spacial score (nSPS) is 0. The van der Waals surface area contributed by atoms with Gasteiger partial charge in [0.15, 0.2) is 0 Å². The van der Waals surface area contributed by atoms with Crippen LogP contribution in [0.4, 0.5) is 0 Å². The van der Waals surface area contributed by atoms with Crippen LogP contribution >= 0.6 is 0 Å². The number of rotatable bonds is 0. The molecule has 0 saturated carbocycles. The second-order valence-corrected chi connectivity index (χ2v) is 0. The van der Waals surface area contributed by atoms with E-state index in [-0.39, 0.29) is 73.1 Å². The number of hydrogen-bond acceptors (Lipinski definition) is 1. The molecule has 4 heavy (non-hydrogen) atoms. The third kappa shape index (κ3) is 8.95. The van der Waals surface area contributed by atoms with Crippen molar-refractivity contribution in [2.75, 3.05) is 0 Å². The molecule has 0 aromatic carbocycles. The summed E-state index contributed by atoms with van der Waals surface area (Å²) < 4.78 is 0. The SMILES string of the molecule is N.[Cr].[H-].[Na+].[V]. The zero-order valence-corrected chi connectivity index (χ0v) is 7.23. The molecular weight excluding hydrogens is 140 g/mol. The third-order valence-electron chi connectivity index (χ3n) is 0. The number of hydrogen-bond donors (Lipinski definition) is 1. The Balaban J connectivity index is 0. The van der Waals surface area contributed by atoms with Gasteiger partial charge in [-0.3, -0.25) is 0 Å². The van der Waals surface area contributed by atoms with Crippen molar-refractivity contribution in [3.63, 3.8) is 0 Å². The Morgan fingerprint density at radius 3 is 1.25 bits per heavy atom. The van der Waals surface area contributed by atoms with Gasteiger partial charge >= 0.3 is 29.6 Å². The van der Waals surface area contributed by atoms with E-state index in [0.29, 0.717) is 0 Å². The first kappa shape index (κ1) is 36.3. The van der Waals surface area contributed by atoms with E-state index >= 15 is 0 Å². The maximum Gasteiger partial charge on any atom is 1.00 e. The molecular formula is H4CrNNaV. The van der Waals surface area contributed by atoms with E-state index in [9.17, 15) is 0 Å². The molecule has 0 aliphatic carbocycles. The molecule has 0 spiro atoms. The van der Waals surface area contributed by atoms with Crippen LogP contribution in [0.5, 0.6) is 0 Å². The zero-order valence-electron chi connectivity index (χ0n) is 3.56. The van der Waals surface area contributed by atoms with Gasteiger partial charge in [-0.25, -0.2) is 0 Å². The maximum absolute atomic E-state index is 0. The minimum absolute atomic E-state index is 0. The largest absolute Gasteiger partial charge is 1.00 e. The van der Waals surface area contributed by atoms with Crippen molar-refractivity contribution >= 4 is 0 Å². The Kier molecular flexibility index (Phi) is 178. The monoisotopic (exact) mass is 144 g/mol. The van der Waals surface area contributed by atoms with Gasteiger partial charge in [-0.05, 0) is 0 Å². The third-order valence-corrected chi connectivity index (χ3v) is 0. The maximum atomic E-state index is 0. The Morgan fingerprint density at radius 1 is 1.25 bits per heavy atom. The average molecular weight is 144 g/mol. The van der Waals surface area contributed by atoms with Crippen molar-refractivity contribution in [3.8, 4) is 0 Å². The summed E-state index contributed by atoms with van der Waals surface area (Å²) >= 11 is 0. The molecule has 0 atom stereocenters. The summed E-state index contributed by atoms with van der Waals surface area (Å²) in [4.78, 5) is 0. The molecule has 0 aliphatic rings. The van der Waals surface area contributed by atoms with E-state index in [1.165, 1.54) is 0 Å². The van der Waals surface area contributed by atoms with Gasteiger partial charge in [0.1, 0.15) is 0 Å². The second-order valence-electron chi connectivity index (χ2n) is 0. The van der Waals surface area contributed by atoms with Gasteiger partial charge in [0.2, 0.25) is 0 Å². The van der Waals surface area contributed by atoms with Crippen LogP contribution in [0, 0.1) is 0 Å². The van der Waals surface area contributed by atoms with Gasteiger partial charge in [0.05, 0.1) is 0 Å². The van der Waals surface area contributed by atoms with Crippen LogP contribution in [0.1, 0.15) is 1.43 Å². The van der Waals surface area contributed by atoms with Gasteiger partial charge in [0.25, 0.3) is 0 Å². The zero-order chi connectivity index (χ0) is 0. The van der Waals surface area contributed by atoms with E-state index in [4.69, 9.17) is 0 Å². The summed E-state index contributed by atoms with van der Waals surface area (Å²) in [6.07, 6.45) is 0. The molecule has 0 rings (SSSR count). The van der Waals surface area contributed by atoms with E-state index in [1.54, 1.807) is 0 Å². The van der Waals surface area contributed by atoms with Gasteiger partial charge < -0.3 is 7.58 Å². The molecule has 0 amide bonds. The molecule has 0 aliphatic heterocycles. The van der Waals surface area contributed by atoms with Gasteiger partial charge in [-0.2, -0.15) is 0 Å². The second kappa shape index (κ2) is 19.6. The summed E-state index contributed by atoms with van der Waals surface area (Å²) in [5.41, 5.74) is 0. The van der Waals surface area contributed by atoms with E-state index in [0.717, 1.165) is 0 Å². The van der Waals surface area contributed by atoms with Crippen LogP contribution in [0.2, 0.25) is 0 Å². The molecule has 0 saturated heterocycles. The molecule has 0 aromatic heterocycles. The minimum Gasteiger partial charge on any atom is -1.00 e. The first-order chi connectivity index (χ1) is 0. The minimum atomic E-state index is 0. The van der Waals surface area contributed by atoms with Crippen LogP contribution < -0.4 is 35.7 Å². The molecule has 0 heterocycles. The van der Waals surface area contributed by atoms with Crippen molar-refractivity contribution in [3.05, 3.63) is 0 Å². The summed E-state index contributed by atoms with van der Waals surface area (Å²) in [6, 6.07) is 0. The van der Waals surface area contributed by atoms with Crippen LogP contribution in [0.3, 0.4) is 0 Å². The van der Waals surface area contributed by atoms with Crippen LogP contribution in [-0.4, -0.2) is 0 Å². The van der Waals surface area contributed by atoms with Crippen molar-refractivity contribution in [1.29, 1.82) is 0 Å². The van der Waals surface area contributed by atoms with Crippen LogP contribution in [0.15, 0.2) is 0 Å². The van der Waals surface area contributed by atoms with Gasteiger partial charge in [-0.1, -0.05) is 0 Å². The van der Waals surface area contributed by atoms with Crippen LogP contribution in [-0.2, 0) is 35.9 Å². The Hall–Kier alpha value is 2.08. The van der Waals surface area contributed by atoms with E-state index in [2.05, 4.69) is 0 Å². The quantitative estimate of drug-likeness (QED) is 0.368. The standard InChI is InChI=1S/Cr.H3N.Na.V.H/h;1H3;;;/q;;+1;;-1. The smallest absolute Gasteiger partial charge is 1.00 e. The van der Waals surface area contributed by atoms with Gasteiger partial charge in [0, 0.05) is 35.9 Å². The predicted molar refractivity (Wildman–Crippen MR) is 6.13 cm³/mol. The summed E-state index contributed by atoms with van der Waals surface area (Å²) in [6.45, 7) is 0. The van der Waals surface area contributed by atoms with Crippen molar-refractivity contribution in [2.24, 2.45) is 0 Å². The molecule has 4 heteroatoms. The van der Waals surface area contributed by atoms with Crippen molar-refractivity contribution < 1.29 is 66.9 Å². The molecule has 1 nitrogen and oxygen atoms in total. The summed E-state index contributed by atoms with van der Waals surface area (Å²) in [7, 11) is 0. The van der Waals surface area contributed by atoms with Gasteiger partial charge in [-0.15, -0.1) is 0 Å². The van der Waals surface area contributed by atoms with E-state index in [1.807, 2.05) is 0 Å². The van der Waals surface area contributed by atoms with Crippen molar-refractivity contribution in [2.45, 2.75) is 0 Å².